The van der Waals surface area contributed by atoms with Crippen molar-refractivity contribution in [3.05, 3.63) is 46.5 Å². The van der Waals surface area contributed by atoms with Crippen molar-refractivity contribution in [1.29, 1.82) is 0 Å². The summed E-state index contributed by atoms with van der Waals surface area (Å²) in [5, 5.41) is 20.2. The third-order valence-electron chi connectivity index (χ3n) is 5.44. The molecule has 140 valence electrons. The van der Waals surface area contributed by atoms with Crippen LogP contribution in [0.3, 0.4) is 0 Å². The lowest BCUT2D eigenvalue weighted by atomic mass is 9.93. The van der Waals surface area contributed by atoms with Crippen LogP contribution in [0.5, 0.6) is 11.8 Å². The van der Waals surface area contributed by atoms with Crippen molar-refractivity contribution in [1.82, 2.24) is 9.47 Å². The highest BCUT2D eigenvalue weighted by Gasteiger charge is 2.38. The number of ether oxygens (including phenoxy) is 1. The molecule has 4 rings (SSSR count). The molecule has 1 fully saturated rings. The van der Waals surface area contributed by atoms with Crippen molar-refractivity contribution in [2.24, 2.45) is 12.8 Å². The summed E-state index contributed by atoms with van der Waals surface area (Å²) in [6.45, 7) is 1.27. The number of halogens is 2. The Morgan fingerprint density at radius 3 is 2.42 bits per heavy atom. The van der Waals surface area contributed by atoms with E-state index in [2.05, 4.69) is 4.90 Å². The van der Waals surface area contributed by atoms with Crippen molar-refractivity contribution < 1.29 is 23.7 Å². The minimum Gasteiger partial charge on any atom is -0.494 e. The molecule has 3 heterocycles. The van der Waals surface area contributed by atoms with Crippen LogP contribution in [0, 0.1) is 11.6 Å². The third-order valence-corrected chi connectivity index (χ3v) is 5.44. The Labute approximate surface area is 149 Å². The van der Waals surface area contributed by atoms with Crippen molar-refractivity contribution >= 4 is 0 Å². The molecule has 1 aromatic carbocycles. The Balaban J connectivity index is 1.48. The molecule has 0 aliphatic carbocycles. The van der Waals surface area contributed by atoms with E-state index in [4.69, 9.17) is 10.5 Å². The molecule has 6 nitrogen and oxygen atoms in total. The van der Waals surface area contributed by atoms with E-state index in [-0.39, 0.29) is 23.4 Å². The topological polar surface area (TPSA) is 83.9 Å². The van der Waals surface area contributed by atoms with Gasteiger partial charge in [0.1, 0.15) is 17.7 Å². The number of hydrogen-bond acceptors (Lipinski definition) is 5. The smallest absolute Gasteiger partial charge is 0.198 e. The molecular formula is C18H21F2N3O3. The van der Waals surface area contributed by atoms with E-state index in [1.54, 1.807) is 7.05 Å². The summed E-state index contributed by atoms with van der Waals surface area (Å²) in [5.41, 5.74) is 7.76. The number of nitrogens with zero attached hydrogens (tertiary/aromatic N) is 2. The van der Waals surface area contributed by atoms with E-state index in [0.717, 1.165) is 18.2 Å². The van der Waals surface area contributed by atoms with E-state index >= 15 is 0 Å². The number of aromatic nitrogens is 1. The first kappa shape index (κ1) is 17.3. The van der Waals surface area contributed by atoms with Gasteiger partial charge in [0.25, 0.3) is 0 Å². The number of rotatable bonds is 2. The summed E-state index contributed by atoms with van der Waals surface area (Å²) in [6.07, 6.45) is -0.158. The van der Waals surface area contributed by atoms with E-state index in [1.165, 1.54) is 4.57 Å². The van der Waals surface area contributed by atoms with Gasteiger partial charge in [0.15, 0.2) is 11.8 Å². The Bertz CT molecular complexity index is 825. The summed E-state index contributed by atoms with van der Waals surface area (Å²) in [4.78, 5) is 2.07. The Morgan fingerprint density at radius 2 is 1.81 bits per heavy atom. The van der Waals surface area contributed by atoms with Crippen molar-refractivity contribution in [3.8, 4) is 11.8 Å². The van der Waals surface area contributed by atoms with Gasteiger partial charge in [-0.2, -0.15) is 0 Å². The normalized spacial score (nSPS) is 26.2. The molecule has 0 amide bonds. The van der Waals surface area contributed by atoms with E-state index < -0.39 is 23.8 Å². The minimum atomic E-state index is -0.699. The van der Waals surface area contributed by atoms with Crippen LogP contribution in [0.1, 0.15) is 29.2 Å². The minimum absolute atomic E-state index is 0.0330. The van der Waals surface area contributed by atoms with Gasteiger partial charge in [-0.25, -0.2) is 8.78 Å². The van der Waals surface area contributed by atoms with Gasteiger partial charge in [-0.15, -0.1) is 0 Å². The second kappa shape index (κ2) is 6.22. The lowest BCUT2D eigenvalue weighted by Crippen LogP contribution is -2.47. The zero-order valence-corrected chi connectivity index (χ0v) is 14.3. The van der Waals surface area contributed by atoms with Crippen LogP contribution in [-0.4, -0.2) is 38.4 Å². The Kier molecular flexibility index (Phi) is 4.13. The number of aromatic hydroxyl groups is 2. The van der Waals surface area contributed by atoms with Crippen LogP contribution in [-0.2, 0) is 24.9 Å². The zero-order chi connectivity index (χ0) is 18.6. The molecule has 3 atom stereocenters. The number of fused-ring (bicyclic) bond motifs is 1. The van der Waals surface area contributed by atoms with Gasteiger partial charge in [0.05, 0.1) is 6.61 Å². The van der Waals surface area contributed by atoms with E-state index in [0.29, 0.717) is 37.2 Å². The quantitative estimate of drug-likeness (QED) is 0.757. The summed E-state index contributed by atoms with van der Waals surface area (Å²) in [5.74, 6) is -0.948. The highest BCUT2D eigenvalue weighted by Crippen LogP contribution is 2.41. The van der Waals surface area contributed by atoms with Crippen LogP contribution in [0.4, 0.5) is 8.78 Å². The molecule has 2 aliphatic heterocycles. The zero-order valence-electron chi connectivity index (χ0n) is 14.3. The van der Waals surface area contributed by atoms with Crippen LogP contribution in [0.2, 0.25) is 0 Å². The van der Waals surface area contributed by atoms with Gasteiger partial charge in [0.2, 0.25) is 0 Å². The first-order valence-electron chi connectivity index (χ1n) is 8.51. The van der Waals surface area contributed by atoms with Crippen LogP contribution in [0.25, 0.3) is 0 Å². The van der Waals surface area contributed by atoms with Gasteiger partial charge in [-0.05, 0) is 24.6 Å². The molecule has 0 unspecified atom stereocenters. The van der Waals surface area contributed by atoms with Crippen molar-refractivity contribution in [3.63, 3.8) is 0 Å². The van der Waals surface area contributed by atoms with Crippen LogP contribution in [0.15, 0.2) is 18.2 Å². The Hall–Kier alpha value is -2.16. The van der Waals surface area contributed by atoms with Crippen LogP contribution < -0.4 is 5.73 Å². The molecule has 0 saturated carbocycles. The maximum absolute atomic E-state index is 14.0. The summed E-state index contributed by atoms with van der Waals surface area (Å²) >= 11 is 0. The fourth-order valence-electron chi connectivity index (χ4n) is 3.98. The monoisotopic (exact) mass is 365 g/mol. The maximum Gasteiger partial charge on any atom is 0.198 e. The second-order valence-corrected chi connectivity index (χ2v) is 7.04. The first-order valence-corrected chi connectivity index (χ1v) is 8.51. The molecule has 26 heavy (non-hydrogen) atoms. The predicted molar refractivity (Wildman–Crippen MR) is 89.4 cm³/mol. The Morgan fingerprint density at radius 1 is 1.15 bits per heavy atom. The molecule has 1 aromatic heterocycles. The summed E-state index contributed by atoms with van der Waals surface area (Å²) in [6, 6.07) is 2.75. The first-order chi connectivity index (χ1) is 12.4. The molecule has 0 radical (unpaired) electrons. The molecule has 0 bridgehead atoms. The number of hydrogen-bond donors (Lipinski definition) is 3. The lowest BCUT2D eigenvalue weighted by Gasteiger charge is -2.38. The van der Waals surface area contributed by atoms with E-state index in [1.807, 2.05) is 0 Å². The van der Waals surface area contributed by atoms with Gasteiger partial charge < -0.3 is 20.7 Å². The van der Waals surface area contributed by atoms with E-state index in [9.17, 15) is 19.0 Å². The summed E-state index contributed by atoms with van der Waals surface area (Å²) in [7, 11) is 1.60. The fourth-order valence-corrected chi connectivity index (χ4v) is 3.98. The number of nitrogens with two attached hydrogens (primary N) is 1. The van der Waals surface area contributed by atoms with Crippen molar-refractivity contribution in [2.45, 2.75) is 37.7 Å². The van der Waals surface area contributed by atoms with Gasteiger partial charge in [-0.3, -0.25) is 9.47 Å². The molecule has 2 aliphatic rings. The van der Waals surface area contributed by atoms with Crippen LogP contribution >= 0.6 is 0 Å². The molecule has 2 aromatic rings. The molecular weight excluding hydrogens is 344 g/mol. The molecule has 1 saturated heterocycles. The maximum atomic E-state index is 14.0. The SMILES string of the molecule is Cn1c(O)c2c(c1O)CN([C@H]1CO[C@H](c3cc(F)ccc3F)[C@@H](N)C1)C2. The number of benzene rings is 1. The average molecular weight is 365 g/mol. The van der Waals surface area contributed by atoms with Crippen molar-refractivity contribution in [2.75, 3.05) is 6.61 Å². The second-order valence-electron chi connectivity index (χ2n) is 7.04. The highest BCUT2D eigenvalue weighted by molar-refractivity contribution is 5.47. The fraction of sp³-hybridized carbons (Fsp3) is 0.444. The molecule has 0 spiro atoms. The highest BCUT2D eigenvalue weighted by atomic mass is 19.1. The lowest BCUT2D eigenvalue weighted by molar-refractivity contribution is -0.0533. The largest absolute Gasteiger partial charge is 0.494 e. The predicted octanol–water partition coefficient (Wildman–Crippen LogP) is 1.89. The van der Waals surface area contributed by atoms with Gasteiger partial charge in [-0.1, -0.05) is 0 Å². The summed E-state index contributed by atoms with van der Waals surface area (Å²) < 4.78 is 34.6. The average Bonchev–Trinajstić information content (AvgIpc) is 3.14. The standard InChI is InChI=1S/C18H21F2N3O3/c1-22-17(24)12-6-23(7-13(12)18(22)25)10-5-15(21)16(26-8-10)11-4-9(19)2-3-14(11)20/h2-4,10,15-16,24-25H,5-8,21H2,1H3/t10-,15+,16-/m1/s1. The molecule has 4 N–H and O–H groups in total. The van der Waals surface area contributed by atoms with Gasteiger partial charge in [0, 0.05) is 48.9 Å². The third kappa shape index (κ3) is 2.65. The molecule has 8 heteroatoms. The van der Waals surface area contributed by atoms with Gasteiger partial charge >= 0.3 is 0 Å².